The van der Waals surface area contributed by atoms with E-state index >= 15 is 0 Å². The van der Waals surface area contributed by atoms with Crippen molar-refractivity contribution in [3.8, 4) is 0 Å². The molecule has 0 heterocycles. The van der Waals surface area contributed by atoms with E-state index in [0.717, 1.165) is 0 Å². The lowest BCUT2D eigenvalue weighted by Gasteiger charge is -2.25. The van der Waals surface area contributed by atoms with E-state index in [4.69, 9.17) is 19.9 Å². The van der Waals surface area contributed by atoms with Gasteiger partial charge < -0.3 is 19.6 Å². The van der Waals surface area contributed by atoms with E-state index in [1.807, 2.05) is 0 Å². The lowest BCUT2D eigenvalue weighted by Crippen LogP contribution is -2.30. The molecule has 1 unspecified atom stereocenters. The van der Waals surface area contributed by atoms with Crippen molar-refractivity contribution in [2.45, 2.75) is 0 Å². The smallest absolute Gasteiger partial charge is 0.367 e. The summed E-state index contributed by atoms with van der Waals surface area (Å²) in [6.07, 6.45) is 0. The molecule has 3 aromatic rings. The van der Waals surface area contributed by atoms with Gasteiger partial charge in [0.15, 0.2) is 0 Å². The zero-order valence-electron chi connectivity index (χ0n) is 18.9. The summed E-state index contributed by atoms with van der Waals surface area (Å²) in [5.41, 5.74) is 1.34. The van der Waals surface area contributed by atoms with Gasteiger partial charge in [-0.15, -0.1) is 9.79 Å². The van der Waals surface area contributed by atoms with Crippen molar-refractivity contribution in [3.05, 3.63) is 70.8 Å². The van der Waals surface area contributed by atoms with Crippen molar-refractivity contribution < 1.29 is 47.7 Å². The van der Waals surface area contributed by atoms with Gasteiger partial charge >= 0.3 is 15.6 Å². The Balaban J connectivity index is 1.77. The molecular formula is C20H22N4O11P2. The van der Waals surface area contributed by atoms with Crippen LogP contribution in [0.5, 0.6) is 0 Å². The molecule has 0 bridgehead atoms. The van der Waals surface area contributed by atoms with Crippen LogP contribution in [0.4, 0.5) is 22.7 Å². The average molecular weight is 556 g/mol. The molecule has 0 aromatic heterocycles. The number of hydrogen-bond donors (Lipinski definition) is 4. The normalized spacial score (nSPS) is 13.6. The Morgan fingerprint density at radius 2 is 1.49 bits per heavy atom. The Kier molecular flexibility index (Phi) is 9.56. The number of phosphoric ester groups is 2. The SMILES string of the molecule is O=[N+]([O-])c1ccc(N=Nc2ccc(N(CCOP(=O)(O)O)CCOP(=O)(O)OO)cc2)c2ccccc12. The van der Waals surface area contributed by atoms with E-state index in [-0.39, 0.29) is 32.0 Å². The number of nitro benzene ring substituents is 1. The minimum Gasteiger partial charge on any atom is -0.367 e. The molecule has 0 spiro atoms. The third kappa shape index (κ3) is 8.47. The maximum absolute atomic E-state index is 11.3. The van der Waals surface area contributed by atoms with Gasteiger partial charge in [-0.05, 0) is 36.4 Å². The predicted molar refractivity (Wildman–Crippen MR) is 131 cm³/mol. The standard InChI is InChI=1S/C20H22N4O11P2/c25-24(26)20-10-9-19(17-3-1-2-4-18(17)20)22-21-15-5-7-16(8-6-15)23(11-13-33-36(28,29)30)12-14-34-37(31,32)35-27/h1-10,27H,11-14H2,(H,31,32)(H2,28,29,30). The second kappa shape index (κ2) is 12.4. The molecule has 0 radical (unpaired) electrons. The second-order valence-corrected chi connectivity index (χ2v) is 9.92. The van der Waals surface area contributed by atoms with Crippen LogP contribution in [0.1, 0.15) is 0 Å². The minimum atomic E-state index is -4.70. The van der Waals surface area contributed by atoms with E-state index in [0.29, 0.717) is 27.8 Å². The molecule has 4 N–H and O–H groups in total. The van der Waals surface area contributed by atoms with Crippen LogP contribution in [0.15, 0.2) is 70.9 Å². The van der Waals surface area contributed by atoms with Crippen LogP contribution in [-0.2, 0) is 22.9 Å². The third-order valence-corrected chi connectivity index (χ3v) is 6.14. The molecule has 0 aliphatic carbocycles. The molecule has 0 saturated carbocycles. The Hall–Kier alpha value is -3.10. The molecule has 15 nitrogen and oxygen atoms in total. The fourth-order valence-corrected chi connectivity index (χ4v) is 3.96. The molecule has 0 aliphatic heterocycles. The van der Waals surface area contributed by atoms with Crippen LogP contribution in [0, 0.1) is 10.1 Å². The number of benzene rings is 3. The lowest BCUT2D eigenvalue weighted by atomic mass is 10.1. The first-order valence-corrected chi connectivity index (χ1v) is 13.4. The zero-order chi connectivity index (χ0) is 27.1. The number of non-ortho nitro benzene ring substituents is 1. The molecule has 0 saturated heterocycles. The third-order valence-electron chi connectivity index (χ3n) is 4.90. The summed E-state index contributed by atoms with van der Waals surface area (Å²) in [6, 6.07) is 16.0. The Morgan fingerprint density at radius 3 is 2.08 bits per heavy atom. The van der Waals surface area contributed by atoms with Crippen molar-refractivity contribution in [2.24, 2.45) is 10.2 Å². The highest BCUT2D eigenvalue weighted by Gasteiger charge is 2.21. The van der Waals surface area contributed by atoms with Gasteiger partial charge in [-0.1, -0.05) is 18.2 Å². The van der Waals surface area contributed by atoms with Gasteiger partial charge in [0, 0.05) is 30.2 Å². The summed E-state index contributed by atoms with van der Waals surface area (Å²) < 4.78 is 34.6. The minimum absolute atomic E-state index is 0.0279. The first kappa shape index (κ1) is 28.5. The fourth-order valence-electron chi connectivity index (χ4n) is 3.29. The van der Waals surface area contributed by atoms with Crippen molar-refractivity contribution in [1.82, 2.24) is 0 Å². The van der Waals surface area contributed by atoms with Crippen LogP contribution < -0.4 is 4.90 Å². The molecule has 3 aromatic carbocycles. The fraction of sp³-hybridized carbons (Fsp3) is 0.200. The van der Waals surface area contributed by atoms with E-state index in [1.54, 1.807) is 48.5 Å². The molecule has 0 aliphatic rings. The highest BCUT2D eigenvalue weighted by Crippen LogP contribution is 2.41. The molecule has 37 heavy (non-hydrogen) atoms. The summed E-state index contributed by atoms with van der Waals surface area (Å²) in [5, 5.41) is 29.0. The van der Waals surface area contributed by atoms with E-state index < -0.39 is 20.6 Å². The number of hydrogen-bond acceptors (Lipinski definition) is 11. The molecule has 0 fully saturated rings. The largest absolute Gasteiger partial charge is 0.499 e. The number of nitrogens with zero attached hydrogens (tertiary/aromatic N) is 4. The Morgan fingerprint density at radius 1 is 0.865 bits per heavy atom. The summed E-state index contributed by atoms with van der Waals surface area (Å²) in [6.45, 7) is -0.806. The van der Waals surface area contributed by atoms with Gasteiger partial charge in [0.1, 0.15) is 0 Å². The second-order valence-electron chi connectivity index (χ2n) is 7.32. The maximum Gasteiger partial charge on any atom is 0.499 e. The summed E-state index contributed by atoms with van der Waals surface area (Å²) >= 11 is 0. The van der Waals surface area contributed by atoms with Crippen molar-refractivity contribution in [3.63, 3.8) is 0 Å². The van der Waals surface area contributed by atoms with Crippen LogP contribution in [0.25, 0.3) is 10.8 Å². The number of nitro groups is 1. The summed E-state index contributed by atoms with van der Waals surface area (Å²) in [7, 11) is -9.34. The van der Waals surface area contributed by atoms with Crippen LogP contribution in [0.3, 0.4) is 0 Å². The predicted octanol–water partition coefficient (Wildman–Crippen LogP) is 4.69. The molecule has 3 rings (SSSR count). The summed E-state index contributed by atoms with van der Waals surface area (Å²) in [4.78, 5) is 39.3. The lowest BCUT2D eigenvalue weighted by molar-refractivity contribution is -0.383. The van der Waals surface area contributed by atoms with Crippen molar-refractivity contribution in [1.29, 1.82) is 0 Å². The monoisotopic (exact) mass is 556 g/mol. The van der Waals surface area contributed by atoms with E-state index in [9.17, 15) is 19.2 Å². The number of phosphoric acid groups is 2. The number of rotatable bonds is 13. The van der Waals surface area contributed by atoms with Gasteiger partial charge in [0.25, 0.3) is 5.69 Å². The maximum atomic E-state index is 11.3. The zero-order valence-corrected chi connectivity index (χ0v) is 20.7. The molecule has 198 valence electrons. The van der Waals surface area contributed by atoms with Crippen molar-refractivity contribution >= 4 is 49.2 Å². The quantitative estimate of drug-likeness (QED) is 0.0742. The van der Waals surface area contributed by atoms with Crippen molar-refractivity contribution in [2.75, 3.05) is 31.2 Å². The number of anilines is 1. The topological polar surface area (TPSA) is 214 Å². The van der Waals surface area contributed by atoms with E-state index in [2.05, 4.69) is 24.0 Å². The number of fused-ring (bicyclic) bond motifs is 1. The molecule has 0 amide bonds. The molecular weight excluding hydrogens is 534 g/mol. The molecule has 1 atom stereocenters. The highest BCUT2D eigenvalue weighted by atomic mass is 31.2. The number of azo groups is 1. The first-order chi connectivity index (χ1) is 17.5. The Labute approximate surface area is 209 Å². The van der Waals surface area contributed by atoms with Crippen LogP contribution in [0.2, 0.25) is 0 Å². The van der Waals surface area contributed by atoms with Gasteiger partial charge in [0.05, 0.1) is 34.9 Å². The van der Waals surface area contributed by atoms with Gasteiger partial charge in [-0.3, -0.25) is 19.2 Å². The van der Waals surface area contributed by atoms with Crippen LogP contribution >= 0.6 is 15.6 Å². The van der Waals surface area contributed by atoms with Crippen LogP contribution in [-0.4, -0.2) is 51.2 Å². The Bertz CT molecular complexity index is 1360. The van der Waals surface area contributed by atoms with Gasteiger partial charge in [-0.25, -0.2) is 14.4 Å². The van der Waals surface area contributed by atoms with Gasteiger partial charge in [-0.2, -0.15) is 5.11 Å². The average Bonchev–Trinajstić information content (AvgIpc) is 2.85. The first-order valence-electron chi connectivity index (χ1n) is 10.4. The van der Waals surface area contributed by atoms with E-state index in [1.165, 1.54) is 17.0 Å². The van der Waals surface area contributed by atoms with Gasteiger partial charge in [0.2, 0.25) is 0 Å². The summed E-state index contributed by atoms with van der Waals surface area (Å²) in [5.74, 6) is 0. The highest BCUT2D eigenvalue weighted by molar-refractivity contribution is 7.47. The molecule has 17 heteroatoms.